The number of halogens is 1. The second-order valence-electron chi connectivity index (χ2n) is 6.24. The van der Waals surface area contributed by atoms with Gasteiger partial charge in [-0.25, -0.2) is 4.98 Å². The Labute approximate surface area is 167 Å². The summed E-state index contributed by atoms with van der Waals surface area (Å²) in [6.45, 7) is 3.80. The van der Waals surface area contributed by atoms with Crippen molar-refractivity contribution in [3.63, 3.8) is 0 Å². The fourth-order valence-electron chi connectivity index (χ4n) is 2.67. The van der Waals surface area contributed by atoms with E-state index in [0.29, 0.717) is 28.6 Å². The molecule has 144 valence electrons. The molecular formula is C20H20ClN5O2. The first-order chi connectivity index (χ1) is 13.5. The van der Waals surface area contributed by atoms with E-state index < -0.39 is 0 Å². The highest BCUT2D eigenvalue weighted by Crippen LogP contribution is 2.17. The van der Waals surface area contributed by atoms with Gasteiger partial charge in [0.15, 0.2) is 0 Å². The van der Waals surface area contributed by atoms with E-state index >= 15 is 0 Å². The van der Waals surface area contributed by atoms with Gasteiger partial charge in [-0.1, -0.05) is 43.1 Å². The van der Waals surface area contributed by atoms with Crippen molar-refractivity contribution in [1.29, 1.82) is 0 Å². The molecule has 0 aliphatic rings. The number of nitrogens with zero attached hydrogens (tertiary/aromatic N) is 3. The van der Waals surface area contributed by atoms with Crippen LogP contribution in [0.3, 0.4) is 0 Å². The van der Waals surface area contributed by atoms with Crippen LogP contribution in [0, 0.1) is 6.92 Å². The van der Waals surface area contributed by atoms with Crippen molar-refractivity contribution in [2.45, 2.75) is 26.7 Å². The molecule has 3 aromatic rings. The van der Waals surface area contributed by atoms with Gasteiger partial charge in [0, 0.05) is 28.9 Å². The van der Waals surface area contributed by atoms with Crippen LogP contribution in [0.25, 0.3) is 12.0 Å². The zero-order chi connectivity index (χ0) is 20.1. The molecule has 0 saturated heterocycles. The number of carbonyl (C=O) groups excluding carboxylic acids is 1. The van der Waals surface area contributed by atoms with Crippen molar-refractivity contribution in [3.05, 3.63) is 74.8 Å². The Morgan fingerprint density at radius 3 is 2.86 bits per heavy atom. The molecule has 0 spiro atoms. The molecule has 28 heavy (non-hydrogen) atoms. The van der Waals surface area contributed by atoms with Crippen LogP contribution in [0.4, 0.5) is 5.82 Å². The van der Waals surface area contributed by atoms with Crippen LogP contribution < -0.4 is 10.9 Å². The quantitative estimate of drug-likeness (QED) is 0.622. The third kappa shape index (κ3) is 4.75. The summed E-state index contributed by atoms with van der Waals surface area (Å²) >= 11 is 6.09. The number of rotatable bonds is 6. The standard InChI is InChI=1S/C20H20ClN5O2/c1-3-6-15-12-19(28)24-20(22-15)26-17(11-13(2)25-26)23-18(27)10-9-14-7-4-5-8-16(14)21/h4-5,7-12H,3,6H2,1-2H3,(H,23,27)(H,22,24,28)/b10-9+. The number of nitrogens with one attached hydrogen (secondary N) is 2. The maximum Gasteiger partial charge on any atom is 0.252 e. The highest BCUT2D eigenvalue weighted by Gasteiger charge is 2.12. The van der Waals surface area contributed by atoms with E-state index in [9.17, 15) is 9.59 Å². The summed E-state index contributed by atoms with van der Waals surface area (Å²) in [7, 11) is 0. The van der Waals surface area contributed by atoms with Gasteiger partial charge >= 0.3 is 0 Å². The fraction of sp³-hybridized carbons (Fsp3) is 0.200. The van der Waals surface area contributed by atoms with Crippen LogP contribution in [0.15, 0.2) is 47.3 Å². The summed E-state index contributed by atoms with van der Waals surface area (Å²) < 4.78 is 1.41. The number of aryl methyl sites for hydroxylation is 2. The molecule has 8 heteroatoms. The molecule has 7 nitrogen and oxygen atoms in total. The zero-order valence-electron chi connectivity index (χ0n) is 15.6. The lowest BCUT2D eigenvalue weighted by Gasteiger charge is -2.08. The summed E-state index contributed by atoms with van der Waals surface area (Å²) in [6.07, 6.45) is 4.56. The second-order valence-corrected chi connectivity index (χ2v) is 6.64. The number of carbonyl (C=O) groups is 1. The van der Waals surface area contributed by atoms with Gasteiger partial charge in [-0.3, -0.25) is 14.6 Å². The van der Waals surface area contributed by atoms with Gasteiger partial charge in [-0.2, -0.15) is 9.78 Å². The van der Waals surface area contributed by atoms with E-state index in [2.05, 4.69) is 20.4 Å². The van der Waals surface area contributed by atoms with E-state index in [1.54, 1.807) is 25.1 Å². The molecule has 1 aromatic carbocycles. The van der Waals surface area contributed by atoms with Crippen LogP contribution in [0.2, 0.25) is 5.02 Å². The van der Waals surface area contributed by atoms with Crippen LogP contribution >= 0.6 is 11.6 Å². The number of anilines is 1. The molecule has 0 unspecified atom stereocenters. The van der Waals surface area contributed by atoms with Gasteiger partial charge in [0.2, 0.25) is 11.9 Å². The summed E-state index contributed by atoms with van der Waals surface area (Å²) in [5.41, 5.74) is 1.82. The van der Waals surface area contributed by atoms with E-state index in [0.717, 1.165) is 12.0 Å². The first kappa shape index (κ1) is 19.6. The van der Waals surface area contributed by atoms with Gasteiger partial charge in [0.1, 0.15) is 5.82 Å². The van der Waals surface area contributed by atoms with Crippen LogP contribution in [-0.2, 0) is 11.2 Å². The van der Waals surface area contributed by atoms with Crippen molar-refractivity contribution in [2.24, 2.45) is 0 Å². The number of hydrogen-bond acceptors (Lipinski definition) is 4. The van der Waals surface area contributed by atoms with Gasteiger partial charge in [0.05, 0.1) is 5.69 Å². The highest BCUT2D eigenvalue weighted by molar-refractivity contribution is 6.32. The lowest BCUT2D eigenvalue weighted by molar-refractivity contribution is -0.111. The monoisotopic (exact) mass is 397 g/mol. The molecular weight excluding hydrogens is 378 g/mol. The maximum absolute atomic E-state index is 12.4. The SMILES string of the molecule is CCCc1cc(=O)[nH]c(-n2nc(C)cc2NC(=O)/C=C/c2ccccc2Cl)n1. The van der Waals surface area contributed by atoms with Crippen molar-refractivity contribution < 1.29 is 4.79 Å². The molecule has 3 rings (SSSR count). The second kappa shape index (κ2) is 8.67. The highest BCUT2D eigenvalue weighted by atomic mass is 35.5. The van der Waals surface area contributed by atoms with E-state index in [1.807, 2.05) is 25.1 Å². The van der Waals surface area contributed by atoms with Gasteiger partial charge in [0.25, 0.3) is 5.56 Å². The van der Waals surface area contributed by atoms with E-state index in [4.69, 9.17) is 11.6 Å². The Balaban J connectivity index is 1.86. The molecule has 0 aliphatic carbocycles. The number of aromatic amines is 1. The van der Waals surface area contributed by atoms with Crippen molar-refractivity contribution in [2.75, 3.05) is 5.32 Å². The molecule has 0 saturated carbocycles. The number of aromatic nitrogens is 4. The summed E-state index contributed by atoms with van der Waals surface area (Å²) in [5, 5.41) is 7.65. The normalized spacial score (nSPS) is 11.1. The molecule has 0 radical (unpaired) electrons. The summed E-state index contributed by atoms with van der Waals surface area (Å²) in [5.74, 6) is 0.311. The number of amides is 1. The topological polar surface area (TPSA) is 92.7 Å². The van der Waals surface area contributed by atoms with Crippen LogP contribution in [0.5, 0.6) is 0 Å². The van der Waals surface area contributed by atoms with Crippen molar-refractivity contribution in [3.8, 4) is 5.95 Å². The Bertz CT molecular complexity index is 1080. The Hall–Kier alpha value is -3.19. The molecule has 2 aromatic heterocycles. The van der Waals surface area contributed by atoms with Gasteiger partial charge in [-0.05, 0) is 31.1 Å². The third-order valence-corrected chi connectivity index (χ3v) is 4.24. The molecule has 1 amide bonds. The fourth-order valence-corrected chi connectivity index (χ4v) is 2.87. The number of hydrogen-bond donors (Lipinski definition) is 2. The third-order valence-electron chi connectivity index (χ3n) is 3.89. The molecule has 0 atom stereocenters. The Kier molecular flexibility index (Phi) is 6.06. The minimum Gasteiger partial charge on any atom is -0.307 e. The summed E-state index contributed by atoms with van der Waals surface area (Å²) in [4.78, 5) is 31.4. The lowest BCUT2D eigenvalue weighted by Crippen LogP contribution is -2.18. The first-order valence-electron chi connectivity index (χ1n) is 8.87. The summed E-state index contributed by atoms with van der Waals surface area (Å²) in [6, 6.07) is 10.4. The minimum absolute atomic E-state index is 0.259. The molecule has 2 N–H and O–H groups in total. The predicted octanol–water partition coefficient (Wildman–Crippen LogP) is 3.52. The van der Waals surface area contributed by atoms with Crippen molar-refractivity contribution >= 4 is 29.4 Å². The first-order valence-corrected chi connectivity index (χ1v) is 9.25. The molecule has 0 fully saturated rings. The van der Waals surface area contributed by atoms with E-state index in [-0.39, 0.29) is 17.4 Å². The Morgan fingerprint density at radius 2 is 2.11 bits per heavy atom. The number of H-pyrrole nitrogens is 1. The minimum atomic E-state index is -0.354. The van der Waals surface area contributed by atoms with Crippen molar-refractivity contribution in [1.82, 2.24) is 19.7 Å². The number of benzene rings is 1. The average molecular weight is 398 g/mol. The molecule has 0 bridgehead atoms. The molecule has 0 aliphatic heterocycles. The lowest BCUT2D eigenvalue weighted by atomic mass is 10.2. The van der Waals surface area contributed by atoms with E-state index in [1.165, 1.54) is 16.8 Å². The Morgan fingerprint density at radius 1 is 1.32 bits per heavy atom. The molecule has 2 heterocycles. The smallest absolute Gasteiger partial charge is 0.252 e. The van der Waals surface area contributed by atoms with Crippen LogP contribution in [0.1, 0.15) is 30.3 Å². The zero-order valence-corrected chi connectivity index (χ0v) is 16.3. The predicted molar refractivity (Wildman–Crippen MR) is 110 cm³/mol. The average Bonchev–Trinajstić information content (AvgIpc) is 3.01. The van der Waals surface area contributed by atoms with Crippen LogP contribution in [-0.4, -0.2) is 25.7 Å². The maximum atomic E-state index is 12.4. The largest absolute Gasteiger partial charge is 0.307 e. The van der Waals surface area contributed by atoms with Gasteiger partial charge in [-0.15, -0.1) is 0 Å². The van der Waals surface area contributed by atoms with Gasteiger partial charge < -0.3 is 5.32 Å².